The zero-order valence-corrected chi connectivity index (χ0v) is 13.8. The van der Waals surface area contributed by atoms with E-state index in [1.165, 1.54) is 0 Å². The van der Waals surface area contributed by atoms with Crippen molar-refractivity contribution in [2.75, 3.05) is 11.1 Å². The van der Waals surface area contributed by atoms with Gasteiger partial charge in [0.1, 0.15) is 4.88 Å². The Hall–Kier alpha value is -1.47. The maximum Gasteiger partial charge on any atom is 0.269 e. The van der Waals surface area contributed by atoms with E-state index in [0.717, 1.165) is 16.0 Å². The number of aromatic nitrogens is 2. The summed E-state index contributed by atoms with van der Waals surface area (Å²) in [7, 11) is 0. The van der Waals surface area contributed by atoms with Crippen LogP contribution in [0, 0.1) is 0 Å². The van der Waals surface area contributed by atoms with Crippen LogP contribution in [0.15, 0.2) is 22.7 Å². The van der Waals surface area contributed by atoms with Crippen molar-refractivity contribution >= 4 is 44.7 Å². The van der Waals surface area contributed by atoms with Crippen LogP contribution in [0.3, 0.4) is 0 Å². The number of benzene rings is 1. The molecule has 5 nitrogen and oxygen atoms in total. The van der Waals surface area contributed by atoms with Gasteiger partial charge in [0.2, 0.25) is 0 Å². The summed E-state index contributed by atoms with van der Waals surface area (Å²) in [5.74, 6) is -0.216. The molecule has 0 aliphatic heterocycles. The van der Waals surface area contributed by atoms with E-state index in [0.29, 0.717) is 21.9 Å². The summed E-state index contributed by atoms with van der Waals surface area (Å²) >= 11 is 4.41. The van der Waals surface area contributed by atoms with Crippen LogP contribution in [-0.4, -0.2) is 15.5 Å². The van der Waals surface area contributed by atoms with E-state index in [1.807, 2.05) is 20.8 Å². The first kappa shape index (κ1) is 14.9. The summed E-state index contributed by atoms with van der Waals surface area (Å²) in [6, 6.07) is 5.28. The van der Waals surface area contributed by atoms with Crippen LogP contribution >= 0.6 is 27.5 Å². The van der Waals surface area contributed by atoms with E-state index < -0.39 is 0 Å². The Morgan fingerprint density at radius 1 is 1.40 bits per heavy atom. The highest BCUT2D eigenvalue weighted by atomic mass is 79.9. The van der Waals surface area contributed by atoms with Gasteiger partial charge in [-0.1, -0.05) is 25.3 Å². The SMILES string of the molecule is CC(C)(C)c1nnsc1C(=O)Nc1ccc(Br)c(N)c1. The van der Waals surface area contributed by atoms with Crippen molar-refractivity contribution in [1.82, 2.24) is 9.59 Å². The number of amides is 1. The minimum atomic E-state index is -0.224. The van der Waals surface area contributed by atoms with Crippen LogP contribution in [-0.2, 0) is 5.41 Å². The largest absolute Gasteiger partial charge is 0.398 e. The minimum absolute atomic E-state index is 0.216. The molecule has 0 aliphatic carbocycles. The summed E-state index contributed by atoms with van der Waals surface area (Å²) in [6.45, 7) is 5.99. The van der Waals surface area contributed by atoms with Gasteiger partial charge in [-0.15, -0.1) is 5.10 Å². The van der Waals surface area contributed by atoms with Gasteiger partial charge in [0.25, 0.3) is 5.91 Å². The van der Waals surface area contributed by atoms with Crippen LogP contribution in [0.5, 0.6) is 0 Å². The van der Waals surface area contributed by atoms with Gasteiger partial charge in [0.05, 0.1) is 5.69 Å². The molecule has 106 valence electrons. The molecule has 1 aromatic carbocycles. The Balaban J connectivity index is 2.25. The van der Waals surface area contributed by atoms with Crippen molar-refractivity contribution in [3.63, 3.8) is 0 Å². The van der Waals surface area contributed by atoms with Gasteiger partial charge in [0, 0.05) is 21.3 Å². The molecule has 0 radical (unpaired) electrons. The van der Waals surface area contributed by atoms with Crippen LogP contribution in [0.2, 0.25) is 0 Å². The van der Waals surface area contributed by atoms with E-state index in [9.17, 15) is 4.79 Å². The molecule has 7 heteroatoms. The molecule has 2 rings (SSSR count). The Kier molecular flexibility index (Phi) is 4.10. The van der Waals surface area contributed by atoms with Gasteiger partial charge in [-0.3, -0.25) is 4.79 Å². The number of carbonyl (C=O) groups is 1. The van der Waals surface area contributed by atoms with Gasteiger partial charge in [0.15, 0.2) is 0 Å². The first-order chi connectivity index (χ1) is 9.29. The second kappa shape index (κ2) is 5.49. The van der Waals surface area contributed by atoms with E-state index in [-0.39, 0.29) is 11.3 Å². The molecule has 1 amide bonds. The number of anilines is 2. The molecule has 2 aromatic rings. The Morgan fingerprint density at radius 3 is 2.70 bits per heavy atom. The summed E-state index contributed by atoms with van der Waals surface area (Å²) in [6.07, 6.45) is 0. The second-order valence-corrected chi connectivity index (χ2v) is 7.00. The number of hydrogen-bond acceptors (Lipinski definition) is 5. The molecular formula is C13H15BrN4OS. The molecule has 3 N–H and O–H groups in total. The summed E-state index contributed by atoms with van der Waals surface area (Å²) in [4.78, 5) is 12.8. The maximum atomic E-state index is 12.3. The molecule has 0 atom stereocenters. The highest BCUT2D eigenvalue weighted by Crippen LogP contribution is 2.27. The smallest absolute Gasteiger partial charge is 0.269 e. The predicted molar refractivity (Wildman–Crippen MR) is 85.1 cm³/mol. The first-order valence-electron chi connectivity index (χ1n) is 5.98. The summed E-state index contributed by atoms with van der Waals surface area (Å²) in [5, 5.41) is 6.87. The number of hydrogen-bond donors (Lipinski definition) is 2. The number of nitrogens with zero attached hydrogens (tertiary/aromatic N) is 2. The van der Waals surface area contributed by atoms with Crippen LogP contribution in [0.4, 0.5) is 11.4 Å². The number of rotatable bonds is 2. The molecular weight excluding hydrogens is 340 g/mol. The molecule has 0 aliphatic rings. The highest BCUT2D eigenvalue weighted by molar-refractivity contribution is 9.10. The number of nitrogen functional groups attached to an aromatic ring is 1. The number of carbonyl (C=O) groups excluding carboxylic acids is 1. The zero-order valence-electron chi connectivity index (χ0n) is 11.4. The zero-order chi connectivity index (χ0) is 14.9. The topological polar surface area (TPSA) is 80.9 Å². The third kappa shape index (κ3) is 3.16. The molecule has 0 saturated heterocycles. The average Bonchev–Trinajstić information content (AvgIpc) is 2.83. The van der Waals surface area contributed by atoms with Crippen molar-refractivity contribution in [2.45, 2.75) is 26.2 Å². The Labute approximate surface area is 129 Å². The van der Waals surface area contributed by atoms with Gasteiger partial charge < -0.3 is 11.1 Å². The van der Waals surface area contributed by atoms with Gasteiger partial charge >= 0.3 is 0 Å². The minimum Gasteiger partial charge on any atom is -0.398 e. The quantitative estimate of drug-likeness (QED) is 0.809. The second-order valence-electron chi connectivity index (χ2n) is 5.39. The van der Waals surface area contributed by atoms with Crippen molar-refractivity contribution in [3.05, 3.63) is 33.2 Å². The fourth-order valence-corrected chi connectivity index (χ4v) is 2.66. The normalized spacial score (nSPS) is 11.4. The Bertz CT molecular complexity index is 648. The third-order valence-electron chi connectivity index (χ3n) is 2.66. The lowest BCUT2D eigenvalue weighted by molar-refractivity contribution is 0.102. The number of nitrogens with two attached hydrogens (primary N) is 1. The fraction of sp³-hybridized carbons (Fsp3) is 0.308. The van der Waals surface area contributed by atoms with E-state index in [1.54, 1.807) is 18.2 Å². The van der Waals surface area contributed by atoms with E-state index in [2.05, 4.69) is 30.8 Å². The summed E-state index contributed by atoms with van der Waals surface area (Å²) in [5.41, 5.74) is 7.48. The molecule has 0 unspecified atom stereocenters. The number of halogens is 1. The van der Waals surface area contributed by atoms with Crippen molar-refractivity contribution in [3.8, 4) is 0 Å². The van der Waals surface area contributed by atoms with Crippen LogP contribution < -0.4 is 11.1 Å². The van der Waals surface area contributed by atoms with Gasteiger partial charge in [-0.2, -0.15) is 0 Å². The van der Waals surface area contributed by atoms with Crippen molar-refractivity contribution in [1.29, 1.82) is 0 Å². The monoisotopic (exact) mass is 354 g/mol. The molecule has 0 saturated carbocycles. The van der Waals surface area contributed by atoms with E-state index in [4.69, 9.17) is 5.73 Å². The molecule has 0 bridgehead atoms. The summed E-state index contributed by atoms with van der Waals surface area (Å²) < 4.78 is 4.68. The lowest BCUT2D eigenvalue weighted by Crippen LogP contribution is -2.19. The molecule has 1 heterocycles. The first-order valence-corrected chi connectivity index (χ1v) is 7.55. The fourth-order valence-electron chi connectivity index (χ4n) is 1.64. The predicted octanol–water partition coefficient (Wildman–Crippen LogP) is 3.43. The molecule has 0 fully saturated rings. The highest BCUT2D eigenvalue weighted by Gasteiger charge is 2.26. The van der Waals surface area contributed by atoms with E-state index >= 15 is 0 Å². The molecule has 20 heavy (non-hydrogen) atoms. The van der Waals surface area contributed by atoms with Crippen LogP contribution in [0.1, 0.15) is 36.1 Å². The lowest BCUT2D eigenvalue weighted by Gasteiger charge is -2.16. The average molecular weight is 355 g/mol. The molecule has 0 spiro atoms. The Morgan fingerprint density at radius 2 is 2.10 bits per heavy atom. The lowest BCUT2D eigenvalue weighted by atomic mass is 9.91. The van der Waals surface area contributed by atoms with Crippen LogP contribution in [0.25, 0.3) is 0 Å². The van der Waals surface area contributed by atoms with Crippen molar-refractivity contribution < 1.29 is 4.79 Å². The van der Waals surface area contributed by atoms with Gasteiger partial charge in [-0.05, 0) is 45.7 Å². The third-order valence-corrected chi connectivity index (χ3v) is 4.11. The maximum absolute atomic E-state index is 12.3. The van der Waals surface area contributed by atoms with Crippen molar-refractivity contribution in [2.24, 2.45) is 0 Å². The molecule has 1 aromatic heterocycles. The standard InChI is InChI=1S/C13H15BrN4OS/c1-13(2,3)11-10(20-18-17-11)12(19)16-7-4-5-8(14)9(15)6-7/h4-6H,15H2,1-3H3,(H,16,19). The number of nitrogens with one attached hydrogen (secondary N) is 1. The van der Waals surface area contributed by atoms with Gasteiger partial charge in [-0.25, -0.2) is 0 Å².